The number of halogens is 8. The Morgan fingerprint density at radius 1 is 0.907 bits per heavy atom. The zero-order chi connectivity index (χ0) is 31.5. The molecule has 2 aromatic rings. The van der Waals surface area contributed by atoms with Crippen molar-refractivity contribution in [2.45, 2.75) is 35.4 Å². The molecule has 0 bridgehead atoms. The van der Waals surface area contributed by atoms with E-state index in [-0.39, 0.29) is 34.0 Å². The summed E-state index contributed by atoms with van der Waals surface area (Å²) >= 11 is 20.1. The van der Waals surface area contributed by atoms with Gasteiger partial charge in [-0.1, -0.05) is 23.3 Å². The molecule has 226 valence electrons. The lowest BCUT2D eigenvalue weighted by molar-refractivity contribution is -0.140. The van der Waals surface area contributed by atoms with Crippen LogP contribution in [0.25, 0.3) is 0 Å². The minimum Gasteiger partial charge on any atom is -0.508 e. The van der Waals surface area contributed by atoms with Gasteiger partial charge >= 0.3 is 0 Å². The van der Waals surface area contributed by atoms with Gasteiger partial charge in [-0.05, 0) is 43.9 Å². The molecule has 7 nitrogen and oxygen atoms in total. The van der Waals surface area contributed by atoms with Crippen LogP contribution in [0.15, 0.2) is 29.8 Å². The van der Waals surface area contributed by atoms with Gasteiger partial charge < -0.3 is 5.11 Å². The summed E-state index contributed by atoms with van der Waals surface area (Å²) in [5.41, 5.74) is -1.83. The summed E-state index contributed by atoms with van der Waals surface area (Å²) in [6, 6.07) is 3.65. The molecule has 0 spiro atoms. The number of hydrogen-bond donors (Lipinski definition) is 1. The van der Waals surface area contributed by atoms with Gasteiger partial charge in [-0.3, -0.25) is 24.1 Å². The number of aromatic hydroxyl groups is 1. The van der Waals surface area contributed by atoms with Crippen molar-refractivity contribution in [3.8, 4) is 5.75 Å². The number of allylic oxidation sites excluding steroid dienone is 2. The van der Waals surface area contributed by atoms with Gasteiger partial charge in [0, 0.05) is 23.0 Å². The molecule has 0 radical (unpaired) electrons. The zero-order valence-electron chi connectivity index (χ0n) is 21.7. The van der Waals surface area contributed by atoms with Crippen molar-refractivity contribution in [3.05, 3.63) is 69.5 Å². The van der Waals surface area contributed by atoms with Gasteiger partial charge in [0.1, 0.15) is 11.4 Å². The minimum absolute atomic E-state index is 0.00114. The highest BCUT2D eigenvalue weighted by Gasteiger charge is 2.77. The number of carbonyl (C=O) groups excluding carboxylic acids is 4. The summed E-state index contributed by atoms with van der Waals surface area (Å²) in [4.78, 5) is 50.0. The zero-order valence-corrected chi connectivity index (χ0v) is 24.0. The number of imide groups is 2. The summed E-state index contributed by atoms with van der Waals surface area (Å²) in [6.45, 7) is 1.63. The molecule has 0 aromatic heterocycles. The average Bonchev–Trinajstić information content (AvgIpc) is 3.30. The van der Waals surface area contributed by atoms with Crippen LogP contribution in [0.5, 0.6) is 5.75 Å². The number of alkyl halides is 2. The highest BCUT2D eigenvalue weighted by atomic mass is 35.5. The molecular weight excluding hydrogens is 646 g/mol. The smallest absolute Gasteiger partial charge is 0.258 e. The maximum absolute atomic E-state index is 15.0. The highest BCUT2D eigenvalue weighted by Crippen LogP contribution is 2.66. The Hall–Kier alpha value is -3.22. The normalized spacial score (nSPS) is 31.8. The number of carbonyl (C=O) groups is 4. The lowest BCUT2D eigenvalue weighted by atomic mass is 9.56. The predicted octanol–water partition coefficient (Wildman–Crippen LogP) is 5.32. The van der Waals surface area contributed by atoms with Gasteiger partial charge in [-0.25, -0.2) is 26.9 Å². The lowest BCUT2D eigenvalue weighted by Gasteiger charge is -2.50. The van der Waals surface area contributed by atoms with E-state index in [0.29, 0.717) is 0 Å². The van der Waals surface area contributed by atoms with Crippen molar-refractivity contribution in [3.63, 3.8) is 0 Å². The molecule has 0 unspecified atom stereocenters. The van der Waals surface area contributed by atoms with Crippen LogP contribution in [0.4, 0.5) is 27.6 Å². The van der Waals surface area contributed by atoms with E-state index in [9.17, 15) is 37.5 Å². The van der Waals surface area contributed by atoms with Crippen molar-refractivity contribution >= 4 is 64.1 Å². The van der Waals surface area contributed by atoms with Crippen molar-refractivity contribution in [2.75, 3.05) is 11.4 Å². The van der Waals surface area contributed by atoms with Gasteiger partial charge in [0.25, 0.3) is 11.8 Å². The molecule has 4 aliphatic rings. The number of fused-ring (bicyclic) bond motifs is 4. The van der Waals surface area contributed by atoms with E-state index in [0.717, 1.165) is 11.0 Å². The summed E-state index contributed by atoms with van der Waals surface area (Å²) in [7, 11) is 0. The van der Waals surface area contributed by atoms with E-state index in [1.165, 1.54) is 18.2 Å². The number of anilines is 1. The van der Waals surface area contributed by atoms with Crippen LogP contribution in [0, 0.1) is 46.8 Å². The first-order valence-corrected chi connectivity index (χ1v) is 14.1. The summed E-state index contributed by atoms with van der Waals surface area (Å²) < 4.78 is 72.4. The Morgan fingerprint density at radius 2 is 1.51 bits per heavy atom. The van der Waals surface area contributed by atoms with Gasteiger partial charge in [-0.15, -0.1) is 23.2 Å². The number of hydrogen-bond acceptors (Lipinski definition) is 5. The van der Waals surface area contributed by atoms with Gasteiger partial charge in [0.05, 0.1) is 11.8 Å². The molecule has 2 aromatic carbocycles. The monoisotopic (exact) mass is 662 g/mol. The van der Waals surface area contributed by atoms with E-state index in [2.05, 4.69) is 0 Å². The Morgan fingerprint density at radius 3 is 2.12 bits per heavy atom. The van der Waals surface area contributed by atoms with Crippen LogP contribution in [0.2, 0.25) is 5.02 Å². The molecular formula is C28H18Cl3F5N2O5. The molecule has 2 aliphatic carbocycles. The first kappa shape index (κ1) is 29.8. The summed E-state index contributed by atoms with van der Waals surface area (Å²) in [5.74, 6) is -21.7. The molecule has 2 heterocycles. The number of nitrogens with zero attached hydrogens (tertiary/aromatic N) is 2. The van der Waals surface area contributed by atoms with Crippen LogP contribution in [-0.2, 0) is 19.2 Å². The van der Waals surface area contributed by atoms with Crippen molar-refractivity contribution in [1.82, 2.24) is 4.90 Å². The lowest BCUT2D eigenvalue weighted by Crippen LogP contribution is -2.60. The third-order valence-corrected chi connectivity index (χ3v) is 10.6. The average molecular weight is 664 g/mol. The summed E-state index contributed by atoms with van der Waals surface area (Å²) in [5, 5.41) is 10.9. The van der Waals surface area contributed by atoms with Gasteiger partial charge in [0.2, 0.25) is 17.6 Å². The van der Waals surface area contributed by atoms with Crippen molar-refractivity contribution in [1.29, 1.82) is 0 Å². The molecule has 2 saturated heterocycles. The maximum atomic E-state index is 15.0. The number of rotatable bonds is 3. The maximum Gasteiger partial charge on any atom is 0.258 e. The Labute approximate surface area is 254 Å². The topological polar surface area (TPSA) is 95.0 Å². The molecule has 2 aliphatic heterocycles. The molecule has 4 amide bonds. The second-order valence-corrected chi connectivity index (χ2v) is 12.5. The standard InChI is InChI=1S/C28H18Cl3F5N2O5/c1-2-37-23(40)11-5-4-10-13(15(11)24(37)41)8-27(30)25(42)38(22-20(35)18(33)17(32)19(34)21(22)36)26(43)28(27,31)16(10)12-7-9(29)3-6-14(12)39/h3-4,6-7,11,13,15-16,39H,2,5,8H2,1H3/t11-,13+,15-,16+,27+,28-/m0/s1. The quantitative estimate of drug-likeness (QED) is 0.120. The number of phenolic OH excluding ortho intramolecular Hbond substituents is 1. The Balaban J connectivity index is 1.63. The van der Waals surface area contributed by atoms with Gasteiger partial charge in [0.15, 0.2) is 33.0 Å². The molecule has 1 saturated carbocycles. The van der Waals surface area contributed by atoms with Crippen LogP contribution in [0.3, 0.4) is 0 Å². The van der Waals surface area contributed by atoms with Gasteiger partial charge in [-0.2, -0.15) is 0 Å². The SMILES string of the molecule is CCN1C(=O)[C@H]2[C@H](CC=C3[C@H]2C[C@@]2(Cl)C(=O)N(c4c(F)c(F)c(F)c(F)c4F)C(=O)[C@@]2(Cl)[C@H]3c2cc(Cl)ccc2O)C1=O. The molecule has 15 heteroatoms. The fourth-order valence-electron chi connectivity index (χ4n) is 7.05. The molecule has 6 atom stereocenters. The molecule has 3 fully saturated rings. The van der Waals surface area contributed by atoms with E-state index >= 15 is 8.78 Å². The van der Waals surface area contributed by atoms with Crippen LogP contribution in [0.1, 0.15) is 31.2 Å². The Bertz CT molecular complexity index is 1690. The number of phenols is 1. The minimum atomic E-state index is -2.74. The van der Waals surface area contributed by atoms with Crippen LogP contribution in [-0.4, -0.2) is 49.9 Å². The highest BCUT2D eigenvalue weighted by molar-refractivity contribution is 6.58. The number of amides is 4. The second-order valence-electron chi connectivity index (χ2n) is 10.8. The van der Waals surface area contributed by atoms with E-state index in [1.807, 2.05) is 0 Å². The molecule has 1 N–H and O–H groups in total. The summed E-state index contributed by atoms with van der Waals surface area (Å²) in [6.07, 6.45) is 0.900. The first-order chi connectivity index (χ1) is 20.1. The van der Waals surface area contributed by atoms with E-state index in [1.54, 1.807) is 6.92 Å². The Kier molecular flexibility index (Phi) is 6.69. The fourth-order valence-corrected chi connectivity index (χ4v) is 8.15. The third-order valence-electron chi connectivity index (χ3n) is 8.93. The van der Waals surface area contributed by atoms with E-state index < -0.39 is 104 Å². The largest absolute Gasteiger partial charge is 0.508 e. The van der Waals surface area contributed by atoms with Crippen LogP contribution >= 0.6 is 34.8 Å². The second kappa shape index (κ2) is 9.64. The third kappa shape index (κ3) is 3.60. The number of benzene rings is 2. The van der Waals surface area contributed by atoms with Crippen molar-refractivity contribution in [2.24, 2.45) is 17.8 Å². The number of likely N-dealkylation sites (tertiary alicyclic amines) is 1. The van der Waals surface area contributed by atoms with Crippen molar-refractivity contribution < 1.29 is 46.2 Å². The predicted molar refractivity (Wildman–Crippen MR) is 142 cm³/mol. The fraction of sp³-hybridized carbons (Fsp3) is 0.357. The van der Waals surface area contributed by atoms with E-state index in [4.69, 9.17) is 34.8 Å². The molecule has 43 heavy (non-hydrogen) atoms. The first-order valence-electron chi connectivity index (χ1n) is 12.9. The van der Waals surface area contributed by atoms with Crippen LogP contribution < -0.4 is 4.90 Å². The molecule has 6 rings (SSSR count).